The van der Waals surface area contributed by atoms with Gasteiger partial charge < -0.3 is 14.9 Å². The van der Waals surface area contributed by atoms with Gasteiger partial charge in [0.25, 0.3) is 0 Å². The molecular formula is C13H9F3O4S. The van der Waals surface area contributed by atoms with Crippen molar-refractivity contribution in [2.24, 2.45) is 0 Å². The van der Waals surface area contributed by atoms with Crippen LogP contribution < -0.4 is 4.74 Å². The average molecular weight is 318 g/mol. The fourth-order valence-corrected chi connectivity index (χ4v) is 2.66. The molecule has 0 aliphatic rings. The number of carbonyl (C=O) groups is 1. The number of thiophene rings is 1. The number of alkyl halides is 3. The highest BCUT2D eigenvalue weighted by Crippen LogP contribution is 2.36. The molecular weight excluding hydrogens is 309 g/mol. The molecule has 112 valence electrons. The fraction of sp³-hybridized carbons (Fsp3) is 0.154. The molecule has 21 heavy (non-hydrogen) atoms. The van der Waals surface area contributed by atoms with Gasteiger partial charge in [0.15, 0.2) is 0 Å². The topological polar surface area (TPSA) is 66.8 Å². The normalized spacial score (nSPS) is 13.0. The van der Waals surface area contributed by atoms with E-state index >= 15 is 0 Å². The smallest absolute Gasteiger partial charge is 0.478 e. The van der Waals surface area contributed by atoms with E-state index in [1.807, 2.05) is 0 Å². The van der Waals surface area contributed by atoms with Crippen molar-refractivity contribution in [3.05, 3.63) is 51.7 Å². The van der Waals surface area contributed by atoms with E-state index in [1.165, 1.54) is 29.6 Å². The summed E-state index contributed by atoms with van der Waals surface area (Å²) in [4.78, 5) is 11.1. The standard InChI is InChI=1S/C13H9F3O4S/c14-13(15,16)20-9-4-2-1-3-7(9)10(17)11-8(12(18)19)5-6-21-11/h1-6,10,17H,(H,18,19). The Morgan fingerprint density at radius 2 is 1.90 bits per heavy atom. The van der Waals surface area contributed by atoms with E-state index in [-0.39, 0.29) is 16.0 Å². The fourth-order valence-electron chi connectivity index (χ4n) is 1.77. The number of benzene rings is 1. The summed E-state index contributed by atoms with van der Waals surface area (Å²) in [5.41, 5.74) is -0.311. The van der Waals surface area contributed by atoms with Crippen molar-refractivity contribution in [3.63, 3.8) is 0 Å². The van der Waals surface area contributed by atoms with Crippen molar-refractivity contribution < 1.29 is 32.9 Å². The van der Waals surface area contributed by atoms with Gasteiger partial charge in [-0.25, -0.2) is 4.79 Å². The minimum absolute atomic E-state index is 0.0423. The monoisotopic (exact) mass is 318 g/mol. The molecule has 0 spiro atoms. The van der Waals surface area contributed by atoms with Gasteiger partial charge in [-0.3, -0.25) is 0 Å². The number of carboxylic acid groups (broad SMARTS) is 1. The van der Waals surface area contributed by atoms with Gasteiger partial charge >= 0.3 is 12.3 Å². The summed E-state index contributed by atoms with van der Waals surface area (Å²) in [7, 11) is 0. The molecule has 1 unspecified atom stereocenters. The largest absolute Gasteiger partial charge is 0.573 e. The van der Waals surface area contributed by atoms with Gasteiger partial charge in [0.1, 0.15) is 11.9 Å². The summed E-state index contributed by atoms with van der Waals surface area (Å²) < 4.78 is 40.9. The van der Waals surface area contributed by atoms with Crippen LogP contribution in [0.15, 0.2) is 35.7 Å². The zero-order valence-corrected chi connectivity index (χ0v) is 11.1. The van der Waals surface area contributed by atoms with E-state index in [0.717, 1.165) is 17.4 Å². The first kappa shape index (κ1) is 15.3. The van der Waals surface area contributed by atoms with Gasteiger partial charge in [-0.2, -0.15) is 0 Å². The number of carboxylic acids is 1. The number of hydrogen-bond acceptors (Lipinski definition) is 4. The third-order valence-corrected chi connectivity index (χ3v) is 3.58. The van der Waals surface area contributed by atoms with Crippen molar-refractivity contribution in [3.8, 4) is 5.75 Å². The lowest BCUT2D eigenvalue weighted by molar-refractivity contribution is -0.275. The predicted molar refractivity (Wildman–Crippen MR) is 68.5 cm³/mol. The number of aliphatic hydroxyl groups is 1. The Morgan fingerprint density at radius 1 is 1.24 bits per heavy atom. The summed E-state index contributed by atoms with van der Waals surface area (Å²) in [5.74, 6) is -1.83. The molecule has 0 bridgehead atoms. The van der Waals surface area contributed by atoms with Crippen LogP contribution in [0.2, 0.25) is 0 Å². The lowest BCUT2D eigenvalue weighted by atomic mass is 10.0. The van der Waals surface area contributed by atoms with Gasteiger partial charge in [-0.1, -0.05) is 18.2 Å². The molecule has 0 amide bonds. The number of halogens is 3. The predicted octanol–water partition coefficient (Wildman–Crippen LogP) is 3.43. The number of hydrogen-bond donors (Lipinski definition) is 2. The Hall–Kier alpha value is -2.06. The molecule has 0 radical (unpaired) electrons. The summed E-state index contributed by atoms with van der Waals surface area (Å²) in [5, 5.41) is 20.6. The van der Waals surface area contributed by atoms with E-state index < -0.39 is 24.2 Å². The van der Waals surface area contributed by atoms with Gasteiger partial charge in [-0.15, -0.1) is 24.5 Å². The SMILES string of the molecule is O=C(O)c1ccsc1C(O)c1ccccc1OC(F)(F)F. The highest BCUT2D eigenvalue weighted by Gasteiger charge is 2.33. The van der Waals surface area contributed by atoms with Crippen LogP contribution in [-0.4, -0.2) is 22.5 Å². The van der Waals surface area contributed by atoms with Crippen LogP contribution in [0.1, 0.15) is 26.9 Å². The van der Waals surface area contributed by atoms with Crippen LogP contribution in [0.3, 0.4) is 0 Å². The molecule has 1 aromatic carbocycles. The minimum atomic E-state index is -4.90. The summed E-state index contributed by atoms with van der Waals surface area (Å²) in [6.07, 6.45) is -6.42. The van der Waals surface area contributed by atoms with Crippen molar-refractivity contribution in [1.82, 2.24) is 0 Å². The Morgan fingerprint density at radius 3 is 2.52 bits per heavy atom. The highest BCUT2D eigenvalue weighted by atomic mass is 32.1. The van der Waals surface area contributed by atoms with Crippen molar-refractivity contribution in [2.45, 2.75) is 12.5 Å². The van der Waals surface area contributed by atoms with Crippen molar-refractivity contribution in [2.75, 3.05) is 0 Å². The first-order valence-electron chi connectivity index (χ1n) is 5.63. The van der Waals surface area contributed by atoms with Crippen LogP contribution in [0.5, 0.6) is 5.75 Å². The Kier molecular flexibility index (Phi) is 4.19. The molecule has 0 aliphatic carbocycles. The molecule has 4 nitrogen and oxygen atoms in total. The Bertz CT molecular complexity index is 651. The number of ether oxygens (including phenoxy) is 1. The number of aliphatic hydroxyl groups excluding tert-OH is 1. The van der Waals surface area contributed by atoms with Crippen LogP contribution in [0.4, 0.5) is 13.2 Å². The number of rotatable bonds is 4. The van der Waals surface area contributed by atoms with Crippen molar-refractivity contribution in [1.29, 1.82) is 0 Å². The molecule has 1 heterocycles. The summed E-state index contributed by atoms with van der Waals surface area (Å²) >= 11 is 0.940. The molecule has 0 aliphatic heterocycles. The molecule has 1 aromatic heterocycles. The Balaban J connectivity index is 2.42. The maximum Gasteiger partial charge on any atom is 0.573 e. The summed E-state index contributed by atoms with van der Waals surface area (Å²) in [6, 6.07) is 6.33. The van der Waals surface area contributed by atoms with Crippen LogP contribution >= 0.6 is 11.3 Å². The molecule has 2 aromatic rings. The molecule has 8 heteroatoms. The molecule has 0 saturated carbocycles. The minimum Gasteiger partial charge on any atom is -0.478 e. The quantitative estimate of drug-likeness (QED) is 0.906. The molecule has 0 fully saturated rings. The first-order valence-corrected chi connectivity index (χ1v) is 6.51. The van der Waals surface area contributed by atoms with E-state index in [1.54, 1.807) is 0 Å². The number of para-hydroxylation sites is 1. The highest BCUT2D eigenvalue weighted by molar-refractivity contribution is 7.10. The maximum absolute atomic E-state index is 12.3. The average Bonchev–Trinajstić information content (AvgIpc) is 2.86. The second kappa shape index (κ2) is 5.74. The molecule has 2 rings (SSSR count). The third-order valence-electron chi connectivity index (χ3n) is 2.61. The van der Waals surface area contributed by atoms with Gasteiger partial charge in [0, 0.05) is 5.56 Å². The second-order valence-corrected chi connectivity index (χ2v) is 4.94. The van der Waals surface area contributed by atoms with E-state index in [9.17, 15) is 23.1 Å². The third kappa shape index (κ3) is 3.53. The zero-order valence-electron chi connectivity index (χ0n) is 10.3. The van der Waals surface area contributed by atoms with Gasteiger partial charge in [0.05, 0.1) is 10.4 Å². The van der Waals surface area contributed by atoms with Gasteiger partial charge in [-0.05, 0) is 17.5 Å². The van der Waals surface area contributed by atoms with E-state index in [0.29, 0.717) is 0 Å². The van der Waals surface area contributed by atoms with Crippen LogP contribution in [0.25, 0.3) is 0 Å². The first-order chi connectivity index (χ1) is 9.79. The second-order valence-electron chi connectivity index (χ2n) is 3.99. The van der Waals surface area contributed by atoms with Crippen molar-refractivity contribution >= 4 is 17.3 Å². The number of aromatic carboxylic acids is 1. The maximum atomic E-state index is 12.3. The van der Waals surface area contributed by atoms with Crippen LogP contribution in [0, 0.1) is 0 Å². The molecule has 1 atom stereocenters. The zero-order chi connectivity index (χ0) is 15.6. The molecule has 2 N–H and O–H groups in total. The Labute approximate surface area is 121 Å². The summed E-state index contributed by atoms with van der Waals surface area (Å²) in [6.45, 7) is 0. The van der Waals surface area contributed by atoms with Gasteiger partial charge in [0.2, 0.25) is 0 Å². The van der Waals surface area contributed by atoms with E-state index in [2.05, 4.69) is 4.74 Å². The molecule has 0 saturated heterocycles. The van der Waals surface area contributed by atoms with Crippen LogP contribution in [-0.2, 0) is 0 Å². The lowest BCUT2D eigenvalue weighted by Gasteiger charge is -2.17. The lowest BCUT2D eigenvalue weighted by Crippen LogP contribution is -2.19. The van der Waals surface area contributed by atoms with E-state index in [4.69, 9.17) is 5.11 Å².